The number of rotatable bonds is 0. The average Bonchev–Trinajstić information content (AvgIpc) is 2.62. The first-order valence-electron chi connectivity index (χ1n) is 5.71. The minimum atomic E-state index is 0.342. The summed E-state index contributed by atoms with van der Waals surface area (Å²) < 4.78 is 0. The van der Waals surface area contributed by atoms with Gasteiger partial charge in [0.25, 0.3) is 0 Å². The van der Waals surface area contributed by atoms with Crippen molar-refractivity contribution in [2.75, 3.05) is 0 Å². The fourth-order valence-electron chi connectivity index (χ4n) is 4.05. The van der Waals surface area contributed by atoms with Crippen molar-refractivity contribution < 1.29 is 0 Å². The van der Waals surface area contributed by atoms with Crippen LogP contribution in [-0.4, -0.2) is 22.8 Å². The molecule has 0 aromatic rings. The Morgan fingerprint density at radius 1 is 1.29 bits per heavy atom. The summed E-state index contributed by atoms with van der Waals surface area (Å²) in [6, 6.07) is 0.734. The molecule has 2 aliphatic heterocycles. The number of hydrogen-bond donors (Lipinski definition) is 0. The van der Waals surface area contributed by atoms with E-state index in [0.29, 0.717) is 5.54 Å². The molecule has 2 heterocycles. The molecule has 0 aromatic heterocycles. The van der Waals surface area contributed by atoms with E-state index in [2.05, 4.69) is 42.3 Å². The largest absolute Gasteiger partial charge is 0.284 e. The van der Waals surface area contributed by atoms with E-state index in [9.17, 15) is 0 Å². The van der Waals surface area contributed by atoms with Gasteiger partial charge in [-0.25, -0.2) is 0 Å². The molecule has 0 spiro atoms. The van der Waals surface area contributed by atoms with Gasteiger partial charge in [-0.15, -0.1) is 0 Å². The quantitative estimate of drug-likeness (QED) is 0.418. The number of nitrogens with zero attached hydrogens (tertiary/aromatic N) is 2. The van der Waals surface area contributed by atoms with Crippen molar-refractivity contribution in [1.29, 1.82) is 0 Å². The zero-order valence-corrected chi connectivity index (χ0v) is 8.72. The molecule has 1 saturated heterocycles. The Morgan fingerprint density at radius 3 is 2.93 bits per heavy atom. The van der Waals surface area contributed by atoms with E-state index in [1.54, 1.807) is 0 Å². The van der Waals surface area contributed by atoms with E-state index in [0.717, 1.165) is 29.7 Å². The molecule has 2 bridgehead atoms. The van der Waals surface area contributed by atoms with Gasteiger partial charge in [0.1, 0.15) is 0 Å². The van der Waals surface area contributed by atoms with Gasteiger partial charge in [-0.2, -0.15) is 5.10 Å². The molecule has 2 heteroatoms. The summed E-state index contributed by atoms with van der Waals surface area (Å²) in [4.78, 5) is 0. The summed E-state index contributed by atoms with van der Waals surface area (Å²) in [6.07, 6.45) is 8.49. The minimum absolute atomic E-state index is 0.342. The zero-order chi connectivity index (χ0) is 9.50. The predicted octanol–water partition coefficient (Wildman–Crippen LogP) is 1.89. The van der Waals surface area contributed by atoms with Crippen LogP contribution in [0.5, 0.6) is 0 Å². The highest BCUT2D eigenvalue weighted by Crippen LogP contribution is 2.59. The van der Waals surface area contributed by atoms with E-state index < -0.39 is 0 Å². The maximum absolute atomic E-state index is 4.59. The lowest BCUT2D eigenvalue weighted by Crippen LogP contribution is -2.30. The summed E-state index contributed by atoms with van der Waals surface area (Å²) in [6.45, 7) is 4.65. The Bertz CT molecular complexity index is 355. The second kappa shape index (κ2) is 1.93. The number of allylic oxidation sites excluding steroid dienone is 2. The van der Waals surface area contributed by atoms with E-state index in [1.165, 1.54) is 6.42 Å². The van der Waals surface area contributed by atoms with Crippen molar-refractivity contribution in [1.82, 2.24) is 5.01 Å². The van der Waals surface area contributed by atoms with Crippen molar-refractivity contribution in [3.05, 3.63) is 12.2 Å². The summed E-state index contributed by atoms with van der Waals surface area (Å²) in [5.41, 5.74) is 0.342. The van der Waals surface area contributed by atoms with Crippen LogP contribution in [-0.2, 0) is 0 Å². The molecule has 0 amide bonds. The molecule has 4 rings (SSSR count). The first-order chi connectivity index (χ1) is 6.69. The molecule has 4 aliphatic rings. The predicted molar refractivity (Wildman–Crippen MR) is 55.9 cm³/mol. The monoisotopic (exact) mass is 188 g/mol. The molecular weight excluding hydrogens is 172 g/mol. The number of hydrazone groups is 1. The van der Waals surface area contributed by atoms with Gasteiger partial charge >= 0.3 is 0 Å². The third kappa shape index (κ3) is 0.626. The van der Waals surface area contributed by atoms with Gasteiger partial charge in [-0.3, -0.25) is 5.01 Å². The molecule has 2 fully saturated rings. The fourth-order valence-corrected chi connectivity index (χ4v) is 4.05. The van der Waals surface area contributed by atoms with Gasteiger partial charge in [0.2, 0.25) is 0 Å². The molecule has 74 valence electrons. The molecule has 0 N–H and O–H groups in total. The van der Waals surface area contributed by atoms with Crippen LogP contribution >= 0.6 is 0 Å². The molecule has 2 aliphatic carbocycles. The number of fused-ring (bicyclic) bond motifs is 7. The van der Waals surface area contributed by atoms with Crippen LogP contribution in [0, 0.1) is 23.7 Å². The maximum Gasteiger partial charge on any atom is 0.0760 e. The van der Waals surface area contributed by atoms with E-state index in [-0.39, 0.29) is 0 Å². The highest BCUT2D eigenvalue weighted by Gasteiger charge is 2.66. The van der Waals surface area contributed by atoms with Crippen LogP contribution in [0.1, 0.15) is 20.3 Å². The number of hydrogen-bond acceptors (Lipinski definition) is 2. The summed E-state index contributed by atoms with van der Waals surface area (Å²) >= 11 is 0. The van der Waals surface area contributed by atoms with Crippen LogP contribution in [0.3, 0.4) is 0 Å². The van der Waals surface area contributed by atoms with Crippen LogP contribution in [0.25, 0.3) is 0 Å². The topological polar surface area (TPSA) is 15.4 Å². The standard InChI is InChI=1S/C12H16N2/c1-12(2)11-10-8-4-3-7(5-8)9(10)6-13-14(11)12/h3-4,6-11H,5H2,1-2H3/t7-,8+,9+,10-,11-,14?/m1/s1. The Hall–Kier alpha value is -0.790. The maximum atomic E-state index is 4.59. The Labute approximate surface area is 84.7 Å². The van der Waals surface area contributed by atoms with Gasteiger partial charge in [0.15, 0.2) is 0 Å². The fraction of sp³-hybridized carbons (Fsp3) is 0.750. The zero-order valence-electron chi connectivity index (χ0n) is 8.72. The lowest BCUT2D eigenvalue weighted by molar-refractivity contribution is 0.311. The first kappa shape index (κ1) is 7.49. The van der Waals surface area contributed by atoms with Gasteiger partial charge in [0.05, 0.1) is 11.6 Å². The molecular formula is C12H16N2. The second-order valence-corrected chi connectivity index (χ2v) is 5.81. The van der Waals surface area contributed by atoms with Crippen molar-refractivity contribution >= 4 is 6.21 Å². The summed E-state index contributed by atoms with van der Waals surface area (Å²) in [7, 11) is 0. The van der Waals surface area contributed by atoms with Gasteiger partial charge in [-0.05, 0) is 38.0 Å². The highest BCUT2D eigenvalue weighted by atomic mass is 15.6. The van der Waals surface area contributed by atoms with Crippen molar-refractivity contribution in [2.24, 2.45) is 28.8 Å². The first-order valence-corrected chi connectivity index (χ1v) is 5.71. The van der Waals surface area contributed by atoms with Gasteiger partial charge in [0, 0.05) is 12.1 Å². The van der Waals surface area contributed by atoms with Crippen LogP contribution in [0.4, 0.5) is 0 Å². The van der Waals surface area contributed by atoms with Crippen LogP contribution < -0.4 is 0 Å². The van der Waals surface area contributed by atoms with E-state index >= 15 is 0 Å². The third-order valence-electron chi connectivity index (χ3n) is 4.82. The van der Waals surface area contributed by atoms with Crippen molar-refractivity contribution in [3.8, 4) is 0 Å². The summed E-state index contributed by atoms with van der Waals surface area (Å²) in [5, 5.41) is 6.90. The Kier molecular flexibility index (Phi) is 1.03. The lowest BCUT2D eigenvalue weighted by Gasteiger charge is -2.27. The van der Waals surface area contributed by atoms with Crippen molar-refractivity contribution in [2.45, 2.75) is 31.8 Å². The second-order valence-electron chi connectivity index (χ2n) is 5.81. The minimum Gasteiger partial charge on any atom is -0.284 e. The molecule has 5 atom stereocenters. The lowest BCUT2D eigenvalue weighted by atomic mass is 9.78. The average molecular weight is 188 g/mol. The van der Waals surface area contributed by atoms with E-state index in [1.807, 2.05) is 0 Å². The van der Waals surface area contributed by atoms with Crippen molar-refractivity contribution in [3.63, 3.8) is 0 Å². The molecule has 14 heavy (non-hydrogen) atoms. The smallest absolute Gasteiger partial charge is 0.0760 e. The molecule has 0 unspecified atom stereocenters. The highest BCUT2D eigenvalue weighted by molar-refractivity contribution is 5.66. The molecule has 1 saturated carbocycles. The van der Waals surface area contributed by atoms with Crippen LogP contribution in [0.15, 0.2) is 17.3 Å². The third-order valence-corrected chi connectivity index (χ3v) is 4.82. The normalized spacial score (nSPS) is 54.7. The SMILES string of the molecule is CC1(C)[C@H]2[C@H]3[C@@H](C=NN21)[C@@H]1C=C[C@H]3C1. The Balaban J connectivity index is 1.79. The van der Waals surface area contributed by atoms with E-state index in [4.69, 9.17) is 0 Å². The molecule has 2 nitrogen and oxygen atoms in total. The molecule has 0 radical (unpaired) electrons. The van der Waals surface area contributed by atoms with Crippen LogP contribution in [0.2, 0.25) is 0 Å². The van der Waals surface area contributed by atoms with Gasteiger partial charge in [-0.1, -0.05) is 12.2 Å². The Morgan fingerprint density at radius 2 is 2.07 bits per heavy atom. The molecule has 0 aromatic carbocycles. The van der Waals surface area contributed by atoms with Gasteiger partial charge < -0.3 is 0 Å². The summed E-state index contributed by atoms with van der Waals surface area (Å²) in [5.74, 6) is 3.30.